The fourth-order valence-electron chi connectivity index (χ4n) is 2.74. The van der Waals surface area contributed by atoms with Crippen LogP contribution in [0, 0.1) is 0 Å². The van der Waals surface area contributed by atoms with E-state index in [4.69, 9.17) is 0 Å². The van der Waals surface area contributed by atoms with Crippen LogP contribution in [0.25, 0.3) is 0 Å². The quantitative estimate of drug-likeness (QED) is 0.366. The third-order valence-electron chi connectivity index (χ3n) is 3.86. The average Bonchev–Trinajstić information content (AvgIpc) is 2.92. The van der Waals surface area contributed by atoms with Gasteiger partial charge in [0, 0.05) is 32.7 Å². The maximum absolute atomic E-state index is 9.66. The molecule has 5 nitrogen and oxygen atoms in total. The minimum atomic E-state index is -0.167. The summed E-state index contributed by atoms with van der Waals surface area (Å²) in [4.78, 5) is 6.96. The van der Waals surface area contributed by atoms with E-state index in [2.05, 4.69) is 58.6 Å². The second kappa shape index (κ2) is 10.8. The highest BCUT2D eigenvalue weighted by molar-refractivity contribution is 14.0. The Morgan fingerprint density at radius 2 is 1.87 bits per heavy atom. The van der Waals surface area contributed by atoms with Gasteiger partial charge in [0.25, 0.3) is 0 Å². The van der Waals surface area contributed by atoms with Gasteiger partial charge in [-0.1, -0.05) is 24.3 Å². The smallest absolute Gasteiger partial charge is 0.191 e. The van der Waals surface area contributed by atoms with Crippen LogP contribution in [0.5, 0.6) is 0 Å². The molecule has 6 heteroatoms. The van der Waals surface area contributed by atoms with Crippen molar-refractivity contribution in [2.24, 2.45) is 4.99 Å². The standard InChI is InChI=1S/C17H28N4O.HI/c1-3-18-17(19-4-2)20-11-14-7-5-6-8-15(14)12-21-10-9-16(22)13-21;/h5-8,16,22H,3-4,9-13H2,1-2H3,(H2,18,19,20);1H. The average molecular weight is 432 g/mol. The van der Waals surface area contributed by atoms with Gasteiger partial charge in [-0.05, 0) is 31.4 Å². The molecule has 23 heavy (non-hydrogen) atoms. The zero-order valence-electron chi connectivity index (χ0n) is 14.1. The maximum Gasteiger partial charge on any atom is 0.191 e. The number of β-amino-alcohol motifs (C(OH)–C–C–N with tert-alkyl or cyclic N) is 1. The second-order valence-electron chi connectivity index (χ2n) is 5.67. The summed E-state index contributed by atoms with van der Waals surface area (Å²) < 4.78 is 0. The normalized spacial score (nSPS) is 17.4. The first-order chi connectivity index (χ1) is 10.7. The molecule has 2 rings (SSSR count). The molecule has 1 aromatic rings. The summed E-state index contributed by atoms with van der Waals surface area (Å²) in [6.07, 6.45) is 0.713. The fourth-order valence-corrected chi connectivity index (χ4v) is 2.74. The largest absolute Gasteiger partial charge is 0.392 e. The number of nitrogens with zero attached hydrogens (tertiary/aromatic N) is 2. The second-order valence-corrected chi connectivity index (χ2v) is 5.67. The molecule has 0 radical (unpaired) electrons. The molecule has 0 aromatic heterocycles. The van der Waals surface area contributed by atoms with Crippen LogP contribution in [0.1, 0.15) is 31.4 Å². The van der Waals surface area contributed by atoms with Gasteiger partial charge < -0.3 is 15.7 Å². The molecule has 1 unspecified atom stereocenters. The Morgan fingerprint density at radius 1 is 1.22 bits per heavy atom. The number of hydrogen-bond donors (Lipinski definition) is 3. The van der Waals surface area contributed by atoms with Crippen molar-refractivity contribution < 1.29 is 5.11 Å². The van der Waals surface area contributed by atoms with Crippen molar-refractivity contribution in [1.29, 1.82) is 0 Å². The van der Waals surface area contributed by atoms with Crippen molar-refractivity contribution in [2.45, 2.75) is 39.5 Å². The highest BCUT2D eigenvalue weighted by atomic mass is 127. The number of aliphatic hydroxyl groups excluding tert-OH is 1. The Balaban J connectivity index is 0.00000264. The lowest BCUT2D eigenvalue weighted by Gasteiger charge is -2.17. The molecule has 0 bridgehead atoms. The van der Waals surface area contributed by atoms with Crippen molar-refractivity contribution in [3.05, 3.63) is 35.4 Å². The Hall–Kier alpha value is -0.860. The lowest BCUT2D eigenvalue weighted by molar-refractivity contribution is 0.174. The van der Waals surface area contributed by atoms with Crippen LogP contribution >= 0.6 is 24.0 Å². The van der Waals surface area contributed by atoms with Gasteiger partial charge in [-0.3, -0.25) is 4.90 Å². The molecule has 1 heterocycles. The molecule has 1 atom stereocenters. The van der Waals surface area contributed by atoms with Crippen molar-refractivity contribution in [1.82, 2.24) is 15.5 Å². The lowest BCUT2D eigenvalue weighted by Crippen LogP contribution is -2.37. The summed E-state index contributed by atoms with van der Waals surface area (Å²) in [5.74, 6) is 0.858. The number of benzene rings is 1. The number of aliphatic hydroxyl groups is 1. The van der Waals surface area contributed by atoms with E-state index in [1.54, 1.807) is 0 Å². The molecule has 1 aliphatic rings. The lowest BCUT2D eigenvalue weighted by atomic mass is 10.1. The first-order valence-corrected chi connectivity index (χ1v) is 8.22. The van der Waals surface area contributed by atoms with Gasteiger partial charge in [0.1, 0.15) is 0 Å². The molecular formula is C17H29IN4O. The zero-order chi connectivity index (χ0) is 15.8. The number of likely N-dealkylation sites (tertiary alicyclic amines) is 1. The van der Waals surface area contributed by atoms with E-state index < -0.39 is 0 Å². The number of hydrogen-bond acceptors (Lipinski definition) is 3. The first-order valence-electron chi connectivity index (χ1n) is 8.22. The summed E-state index contributed by atoms with van der Waals surface area (Å²) in [6.45, 7) is 9.16. The summed E-state index contributed by atoms with van der Waals surface area (Å²) >= 11 is 0. The maximum atomic E-state index is 9.66. The highest BCUT2D eigenvalue weighted by Gasteiger charge is 2.20. The third kappa shape index (κ3) is 6.64. The molecular weight excluding hydrogens is 403 g/mol. The van der Waals surface area contributed by atoms with E-state index in [1.807, 2.05) is 0 Å². The van der Waals surface area contributed by atoms with Crippen LogP contribution in [-0.4, -0.2) is 48.2 Å². The molecule has 0 saturated carbocycles. The van der Waals surface area contributed by atoms with Crippen molar-refractivity contribution in [3.8, 4) is 0 Å². The van der Waals surface area contributed by atoms with Crippen molar-refractivity contribution >= 4 is 29.9 Å². The molecule has 130 valence electrons. The van der Waals surface area contributed by atoms with Crippen LogP contribution in [0.15, 0.2) is 29.3 Å². The predicted molar refractivity (Wildman–Crippen MR) is 106 cm³/mol. The van der Waals surface area contributed by atoms with Gasteiger partial charge in [0.2, 0.25) is 0 Å². The SMILES string of the molecule is CCNC(=NCc1ccccc1CN1CCC(O)C1)NCC.I. The number of guanidine groups is 1. The summed E-state index contributed by atoms with van der Waals surface area (Å²) in [5.41, 5.74) is 2.55. The molecule has 1 aliphatic heterocycles. The Morgan fingerprint density at radius 3 is 2.43 bits per heavy atom. The van der Waals surface area contributed by atoms with Gasteiger partial charge in [0.05, 0.1) is 12.6 Å². The minimum Gasteiger partial charge on any atom is -0.392 e. The van der Waals surface area contributed by atoms with E-state index in [0.29, 0.717) is 6.54 Å². The van der Waals surface area contributed by atoms with Gasteiger partial charge in [-0.15, -0.1) is 24.0 Å². The Labute approximate surface area is 156 Å². The molecule has 0 aliphatic carbocycles. The van der Waals surface area contributed by atoms with Crippen LogP contribution in [0.2, 0.25) is 0 Å². The third-order valence-corrected chi connectivity index (χ3v) is 3.86. The van der Waals surface area contributed by atoms with Crippen LogP contribution in [0.3, 0.4) is 0 Å². The molecule has 0 amide bonds. The first kappa shape index (κ1) is 20.2. The van der Waals surface area contributed by atoms with E-state index >= 15 is 0 Å². The molecule has 3 N–H and O–H groups in total. The van der Waals surface area contributed by atoms with Crippen LogP contribution < -0.4 is 10.6 Å². The highest BCUT2D eigenvalue weighted by Crippen LogP contribution is 2.17. The van der Waals surface area contributed by atoms with E-state index in [0.717, 1.165) is 45.1 Å². The van der Waals surface area contributed by atoms with Crippen molar-refractivity contribution in [3.63, 3.8) is 0 Å². The number of rotatable bonds is 6. The Kier molecular flexibility index (Phi) is 9.50. The molecule has 1 fully saturated rings. The summed E-state index contributed by atoms with van der Waals surface area (Å²) in [5, 5.41) is 16.2. The van der Waals surface area contributed by atoms with Crippen LogP contribution in [-0.2, 0) is 13.1 Å². The van der Waals surface area contributed by atoms with Crippen molar-refractivity contribution in [2.75, 3.05) is 26.2 Å². The molecule has 1 aromatic carbocycles. The van der Waals surface area contributed by atoms with Gasteiger partial charge in [0.15, 0.2) is 5.96 Å². The summed E-state index contributed by atoms with van der Waals surface area (Å²) in [7, 11) is 0. The fraction of sp³-hybridized carbons (Fsp3) is 0.588. The summed E-state index contributed by atoms with van der Waals surface area (Å²) in [6, 6.07) is 8.44. The molecule has 1 saturated heterocycles. The number of nitrogens with one attached hydrogen (secondary N) is 2. The predicted octanol–water partition coefficient (Wildman–Crippen LogP) is 1.95. The van der Waals surface area contributed by atoms with Crippen LogP contribution in [0.4, 0.5) is 0 Å². The zero-order valence-corrected chi connectivity index (χ0v) is 16.4. The van der Waals surface area contributed by atoms with E-state index in [-0.39, 0.29) is 30.1 Å². The van der Waals surface area contributed by atoms with E-state index in [9.17, 15) is 5.11 Å². The van der Waals surface area contributed by atoms with E-state index in [1.165, 1.54) is 11.1 Å². The topological polar surface area (TPSA) is 59.9 Å². The monoisotopic (exact) mass is 432 g/mol. The van der Waals surface area contributed by atoms with Gasteiger partial charge >= 0.3 is 0 Å². The molecule has 0 spiro atoms. The Bertz CT molecular complexity index is 487. The van der Waals surface area contributed by atoms with Gasteiger partial charge in [-0.25, -0.2) is 4.99 Å². The minimum absolute atomic E-state index is 0. The number of aliphatic imine (C=N–C) groups is 1. The van der Waals surface area contributed by atoms with Gasteiger partial charge in [-0.2, -0.15) is 0 Å². The number of halogens is 1.